The highest BCUT2D eigenvalue weighted by Crippen LogP contribution is 2.61. The molecule has 1 aliphatic heterocycles. The Balaban J connectivity index is 1.53. The highest BCUT2D eigenvalue weighted by atomic mass is 16.5. The van der Waals surface area contributed by atoms with E-state index < -0.39 is 11.0 Å². The predicted octanol–water partition coefficient (Wildman–Crippen LogP) is 2.95. The summed E-state index contributed by atoms with van der Waals surface area (Å²) in [4.78, 5) is 17.1. The minimum absolute atomic E-state index is 0.00376. The second-order valence-electron chi connectivity index (χ2n) is 9.84. The van der Waals surface area contributed by atoms with Crippen molar-refractivity contribution in [1.82, 2.24) is 9.80 Å². The van der Waals surface area contributed by atoms with Crippen LogP contribution in [0, 0.1) is 0 Å². The van der Waals surface area contributed by atoms with Gasteiger partial charge in [-0.1, -0.05) is 6.07 Å². The van der Waals surface area contributed by atoms with Gasteiger partial charge in [-0.25, -0.2) is 0 Å². The summed E-state index contributed by atoms with van der Waals surface area (Å²) in [6.07, 6.45) is 9.90. The van der Waals surface area contributed by atoms with Crippen LogP contribution in [-0.4, -0.2) is 71.4 Å². The second-order valence-corrected chi connectivity index (χ2v) is 9.84. The smallest absolute Gasteiger partial charge is 0.246 e. The van der Waals surface area contributed by atoms with Crippen LogP contribution in [0.2, 0.25) is 0 Å². The molecular formula is C26H32N2O5. The van der Waals surface area contributed by atoms with E-state index in [1.54, 1.807) is 48.8 Å². The maximum absolute atomic E-state index is 13.0. The van der Waals surface area contributed by atoms with Crippen LogP contribution in [0.15, 0.2) is 41.2 Å². The molecule has 1 aromatic carbocycles. The Bertz CT molecular complexity index is 1080. The standard InChI is InChI=1S/C26H32N2O5/c1-27-12-11-25-15-19(28(2)22(30)7-4-17-9-13-33-16-17)8-10-26(25,31)21(27)14-18-5-6-20(29)24(32-3)23(18)25/h4-7,9,13,16,19,21,29,31H,8,10-12,14-15H2,1-3H3/b7-4+/t19-,21-,25-,26-/m1/s1. The number of piperidine rings is 1. The van der Waals surface area contributed by atoms with Crippen LogP contribution in [0.5, 0.6) is 11.5 Å². The fourth-order valence-electron chi connectivity index (χ4n) is 6.65. The lowest BCUT2D eigenvalue weighted by Gasteiger charge is -2.64. The van der Waals surface area contributed by atoms with Crippen molar-refractivity contribution in [2.24, 2.45) is 0 Å². The van der Waals surface area contributed by atoms with Gasteiger partial charge in [0, 0.05) is 41.7 Å². The summed E-state index contributed by atoms with van der Waals surface area (Å²) in [6.45, 7) is 0.843. The number of benzene rings is 1. The summed E-state index contributed by atoms with van der Waals surface area (Å²) < 4.78 is 10.8. The van der Waals surface area contributed by atoms with Crippen LogP contribution in [0.1, 0.15) is 42.4 Å². The number of carbonyl (C=O) groups excluding carboxylic acids is 1. The lowest BCUT2D eigenvalue weighted by Crippen LogP contribution is -2.73. The SMILES string of the molecule is COc1c(O)ccc2c1[C@]13CCN(C)[C@H](C2)[C@]1(O)CC[C@@H](N(C)C(=O)/C=C/c1ccoc1)C3. The summed E-state index contributed by atoms with van der Waals surface area (Å²) >= 11 is 0. The van der Waals surface area contributed by atoms with E-state index in [4.69, 9.17) is 9.15 Å². The van der Waals surface area contributed by atoms with E-state index in [9.17, 15) is 15.0 Å². The van der Waals surface area contributed by atoms with Gasteiger partial charge in [0.1, 0.15) is 0 Å². The molecule has 33 heavy (non-hydrogen) atoms. The molecule has 2 bridgehead atoms. The van der Waals surface area contributed by atoms with Gasteiger partial charge in [-0.05, 0) is 69.5 Å². The van der Waals surface area contributed by atoms with Gasteiger partial charge >= 0.3 is 0 Å². The van der Waals surface area contributed by atoms with Gasteiger partial charge in [0.25, 0.3) is 0 Å². The zero-order valence-corrected chi connectivity index (χ0v) is 19.5. The fraction of sp³-hybridized carbons (Fsp3) is 0.500. The molecule has 1 saturated heterocycles. The van der Waals surface area contributed by atoms with Crippen LogP contribution in [0.25, 0.3) is 6.08 Å². The fourth-order valence-corrected chi connectivity index (χ4v) is 6.65. The van der Waals surface area contributed by atoms with Gasteiger partial charge in [0.2, 0.25) is 5.91 Å². The normalized spacial score (nSPS) is 31.2. The van der Waals surface area contributed by atoms with Crippen molar-refractivity contribution in [1.29, 1.82) is 0 Å². The van der Waals surface area contributed by atoms with E-state index in [0.717, 1.165) is 36.1 Å². The molecule has 3 aliphatic rings. The maximum atomic E-state index is 13.0. The van der Waals surface area contributed by atoms with E-state index >= 15 is 0 Å². The van der Waals surface area contributed by atoms with Crippen LogP contribution in [0.3, 0.4) is 0 Å². The number of aliphatic hydroxyl groups is 1. The van der Waals surface area contributed by atoms with E-state index in [1.807, 2.05) is 13.1 Å². The van der Waals surface area contributed by atoms with E-state index in [0.29, 0.717) is 25.0 Å². The van der Waals surface area contributed by atoms with Gasteiger partial charge in [0.15, 0.2) is 11.5 Å². The number of ether oxygens (including phenoxy) is 1. The monoisotopic (exact) mass is 452 g/mol. The van der Waals surface area contributed by atoms with Crippen molar-refractivity contribution in [3.63, 3.8) is 0 Å². The molecule has 2 heterocycles. The Morgan fingerprint density at radius 2 is 2.15 bits per heavy atom. The van der Waals surface area contributed by atoms with Crippen LogP contribution >= 0.6 is 0 Å². The Kier molecular flexibility index (Phi) is 5.29. The number of fused-ring (bicyclic) bond motifs is 1. The molecule has 2 fully saturated rings. The van der Waals surface area contributed by atoms with E-state index in [1.165, 1.54) is 0 Å². The Morgan fingerprint density at radius 1 is 1.33 bits per heavy atom. The predicted molar refractivity (Wildman–Crippen MR) is 124 cm³/mol. The molecule has 1 amide bonds. The second kappa shape index (κ2) is 7.92. The van der Waals surface area contributed by atoms with Crippen molar-refractivity contribution in [3.05, 3.63) is 53.5 Å². The van der Waals surface area contributed by atoms with Crippen molar-refractivity contribution in [2.45, 2.75) is 55.2 Å². The molecule has 7 nitrogen and oxygen atoms in total. The first-order valence-corrected chi connectivity index (χ1v) is 11.6. The first-order chi connectivity index (χ1) is 15.8. The van der Waals surface area contributed by atoms with Crippen molar-refractivity contribution < 1.29 is 24.2 Å². The third-order valence-electron chi connectivity index (χ3n) is 8.42. The molecule has 0 unspecified atom stereocenters. The van der Waals surface area contributed by atoms with Gasteiger partial charge in [-0.3, -0.25) is 4.79 Å². The number of furan rings is 1. The average molecular weight is 453 g/mol. The minimum Gasteiger partial charge on any atom is -0.504 e. The number of methoxy groups -OCH3 is 1. The molecule has 1 aromatic heterocycles. The van der Waals surface area contributed by atoms with Crippen LogP contribution < -0.4 is 4.74 Å². The van der Waals surface area contributed by atoms with Crippen molar-refractivity contribution in [2.75, 3.05) is 27.7 Å². The third-order valence-corrected chi connectivity index (χ3v) is 8.42. The lowest BCUT2D eigenvalue weighted by molar-refractivity contribution is -0.173. The summed E-state index contributed by atoms with van der Waals surface area (Å²) in [5.74, 6) is 0.481. The summed E-state index contributed by atoms with van der Waals surface area (Å²) in [5, 5.41) is 22.9. The molecular weight excluding hydrogens is 420 g/mol. The topological polar surface area (TPSA) is 86.4 Å². The summed E-state index contributed by atoms with van der Waals surface area (Å²) in [7, 11) is 5.49. The summed E-state index contributed by atoms with van der Waals surface area (Å²) in [6, 6.07) is 5.42. The first-order valence-electron chi connectivity index (χ1n) is 11.6. The number of likely N-dealkylation sites (N-methyl/N-ethyl adjacent to an activating group) is 2. The molecule has 0 radical (unpaired) electrons. The molecule has 4 atom stereocenters. The first kappa shape index (κ1) is 22.0. The number of phenolic OH excluding ortho intramolecular Hbond substituents is 1. The molecule has 7 heteroatoms. The maximum Gasteiger partial charge on any atom is 0.246 e. The number of likely N-dealkylation sites (tertiary alicyclic amines) is 1. The van der Waals surface area contributed by atoms with Crippen LogP contribution in [0.4, 0.5) is 0 Å². The number of hydrogen-bond donors (Lipinski definition) is 2. The van der Waals surface area contributed by atoms with Gasteiger partial charge < -0.3 is 29.2 Å². The van der Waals surface area contributed by atoms with Gasteiger partial charge in [-0.2, -0.15) is 0 Å². The summed E-state index contributed by atoms with van der Waals surface area (Å²) in [5.41, 5.74) is 1.35. The van der Waals surface area contributed by atoms with E-state index in [-0.39, 0.29) is 23.7 Å². The number of nitrogens with zero attached hydrogens (tertiary/aromatic N) is 2. The highest BCUT2D eigenvalue weighted by molar-refractivity contribution is 5.91. The molecule has 2 N–H and O–H groups in total. The van der Waals surface area contributed by atoms with Gasteiger partial charge in [-0.15, -0.1) is 0 Å². The lowest BCUT2D eigenvalue weighted by atomic mass is 9.48. The number of carbonyl (C=O) groups is 1. The third kappa shape index (κ3) is 3.21. The Hall–Kier alpha value is -2.77. The van der Waals surface area contributed by atoms with E-state index in [2.05, 4.69) is 11.9 Å². The number of phenols is 1. The average Bonchev–Trinajstić information content (AvgIpc) is 3.33. The minimum atomic E-state index is -0.943. The molecule has 2 aromatic rings. The number of hydrogen-bond acceptors (Lipinski definition) is 6. The molecule has 5 rings (SSSR count). The number of rotatable bonds is 4. The quantitative estimate of drug-likeness (QED) is 0.694. The zero-order valence-electron chi connectivity index (χ0n) is 19.5. The van der Waals surface area contributed by atoms with Crippen LogP contribution in [-0.2, 0) is 16.6 Å². The number of aromatic hydroxyl groups is 1. The Morgan fingerprint density at radius 3 is 2.88 bits per heavy atom. The molecule has 1 saturated carbocycles. The van der Waals surface area contributed by atoms with Gasteiger partial charge in [0.05, 0.1) is 25.2 Å². The largest absolute Gasteiger partial charge is 0.504 e. The van der Waals surface area contributed by atoms with Crippen molar-refractivity contribution in [3.8, 4) is 11.5 Å². The number of amides is 1. The highest BCUT2D eigenvalue weighted by Gasteiger charge is 2.65. The molecule has 2 aliphatic carbocycles. The molecule has 176 valence electrons. The zero-order chi connectivity index (χ0) is 23.4. The molecule has 0 spiro atoms. The Labute approximate surface area is 194 Å². The van der Waals surface area contributed by atoms with Crippen molar-refractivity contribution >= 4 is 12.0 Å².